The van der Waals surface area contributed by atoms with E-state index in [0.29, 0.717) is 0 Å². The molecule has 0 aromatic rings. The fourth-order valence-electron chi connectivity index (χ4n) is 3.42. The first-order valence-electron chi connectivity index (χ1n) is 8.54. The van der Waals surface area contributed by atoms with Gasteiger partial charge in [-0.1, -0.05) is 13.8 Å². The molecule has 0 radical (unpaired) electrons. The molecular formula is C17H34N2O2S. The molecule has 2 rings (SSSR count). The first-order valence-corrected chi connectivity index (χ1v) is 8.54. The molecule has 2 aliphatic rings. The van der Waals surface area contributed by atoms with E-state index < -0.39 is 0 Å². The summed E-state index contributed by atoms with van der Waals surface area (Å²) in [6.45, 7) is 14.8. The summed E-state index contributed by atoms with van der Waals surface area (Å²) in [4.78, 5) is 16.8. The van der Waals surface area contributed by atoms with Crippen LogP contribution in [-0.4, -0.2) is 59.6 Å². The van der Waals surface area contributed by atoms with Crippen LogP contribution in [0.15, 0.2) is 0 Å². The molecule has 2 heterocycles. The second kappa shape index (κ2) is 8.02. The van der Waals surface area contributed by atoms with Crippen LogP contribution in [0.25, 0.3) is 0 Å². The van der Waals surface area contributed by atoms with Crippen molar-refractivity contribution in [2.45, 2.75) is 71.6 Å². The first kappa shape index (κ1) is 19.8. The number of piperidine rings is 1. The topological polar surface area (TPSA) is 32.8 Å². The van der Waals surface area contributed by atoms with Crippen LogP contribution in [0.4, 0.5) is 0 Å². The molecule has 2 saturated heterocycles. The largest absolute Gasteiger partial charge is 0.360 e. The molecule has 130 valence electrons. The number of amides is 1. The smallest absolute Gasteiger partial charge is 0.251 e. The van der Waals surface area contributed by atoms with E-state index in [-0.39, 0.29) is 37.1 Å². The van der Waals surface area contributed by atoms with Crippen LogP contribution in [0.2, 0.25) is 0 Å². The van der Waals surface area contributed by atoms with Crippen LogP contribution >= 0.6 is 13.5 Å². The van der Waals surface area contributed by atoms with Gasteiger partial charge in [-0.2, -0.15) is 13.5 Å². The zero-order valence-corrected chi connectivity index (χ0v) is 15.9. The maximum Gasteiger partial charge on any atom is 0.251 e. The number of rotatable bonds is 4. The van der Waals surface area contributed by atoms with Crippen molar-refractivity contribution in [2.75, 3.05) is 26.2 Å². The van der Waals surface area contributed by atoms with Gasteiger partial charge in [0.1, 0.15) is 6.10 Å². The van der Waals surface area contributed by atoms with Crippen molar-refractivity contribution in [3.05, 3.63) is 0 Å². The Kier molecular flexibility index (Phi) is 7.21. The van der Waals surface area contributed by atoms with Gasteiger partial charge in [0, 0.05) is 19.1 Å². The average Bonchev–Trinajstić information content (AvgIpc) is 2.42. The summed E-state index contributed by atoms with van der Waals surface area (Å²) < 4.78 is 6.16. The highest BCUT2D eigenvalue weighted by Crippen LogP contribution is 2.33. The van der Waals surface area contributed by atoms with E-state index in [0.717, 1.165) is 38.4 Å². The van der Waals surface area contributed by atoms with Crippen LogP contribution in [0.3, 0.4) is 0 Å². The van der Waals surface area contributed by atoms with Crippen LogP contribution in [0.1, 0.15) is 53.9 Å². The molecular weight excluding hydrogens is 296 g/mol. The maximum absolute atomic E-state index is 12.2. The molecule has 1 spiro atoms. The van der Waals surface area contributed by atoms with E-state index in [1.54, 1.807) is 0 Å². The molecule has 2 fully saturated rings. The van der Waals surface area contributed by atoms with Gasteiger partial charge in [0.05, 0.1) is 12.1 Å². The van der Waals surface area contributed by atoms with Gasteiger partial charge in [-0.05, 0) is 52.5 Å². The summed E-state index contributed by atoms with van der Waals surface area (Å²) in [5, 5.41) is 0. The highest BCUT2D eigenvalue weighted by molar-refractivity contribution is 7.59. The summed E-state index contributed by atoms with van der Waals surface area (Å²) >= 11 is 0. The van der Waals surface area contributed by atoms with E-state index in [1.807, 2.05) is 11.8 Å². The normalized spacial score (nSPS) is 25.9. The summed E-state index contributed by atoms with van der Waals surface area (Å²) in [7, 11) is 0. The third-order valence-electron chi connectivity index (χ3n) is 4.93. The molecule has 0 N–H and O–H groups in total. The van der Waals surface area contributed by atoms with Crippen molar-refractivity contribution in [2.24, 2.45) is 5.92 Å². The minimum absolute atomic E-state index is 0. The number of hydrogen-bond acceptors (Lipinski definition) is 3. The Labute approximate surface area is 143 Å². The van der Waals surface area contributed by atoms with Gasteiger partial charge < -0.3 is 14.5 Å². The second-order valence-corrected chi connectivity index (χ2v) is 7.53. The quantitative estimate of drug-likeness (QED) is 0.794. The van der Waals surface area contributed by atoms with E-state index in [2.05, 4.69) is 32.6 Å². The molecule has 2 aliphatic heterocycles. The SMILES string of the molecule is CC(C)CCN1CCC2(CC1)CN(C(C)C)C(=O)[C@H](C)O2.S. The Balaban J connectivity index is 0.00000242. The second-order valence-electron chi connectivity index (χ2n) is 7.53. The van der Waals surface area contributed by atoms with Gasteiger partial charge in [0.2, 0.25) is 0 Å². The van der Waals surface area contributed by atoms with E-state index in [4.69, 9.17) is 4.74 Å². The van der Waals surface area contributed by atoms with Crippen molar-refractivity contribution >= 4 is 19.4 Å². The standard InChI is InChI=1S/C17H32N2O2.H2S/c1-13(2)6-9-18-10-7-17(8-11-18)12-19(14(3)4)16(20)15(5)21-17;/h13-15H,6-12H2,1-5H3;1H2/t15-;/m0./s1. The molecule has 0 saturated carbocycles. The minimum Gasteiger partial charge on any atom is -0.360 e. The van der Waals surface area contributed by atoms with Crippen molar-refractivity contribution in [3.8, 4) is 0 Å². The van der Waals surface area contributed by atoms with Gasteiger partial charge in [-0.15, -0.1) is 0 Å². The number of morpholine rings is 1. The molecule has 22 heavy (non-hydrogen) atoms. The van der Waals surface area contributed by atoms with Crippen LogP contribution in [-0.2, 0) is 9.53 Å². The number of carbonyl (C=O) groups excluding carboxylic acids is 1. The van der Waals surface area contributed by atoms with Gasteiger partial charge >= 0.3 is 0 Å². The lowest BCUT2D eigenvalue weighted by Crippen LogP contribution is -2.62. The molecule has 0 aliphatic carbocycles. The minimum atomic E-state index is -0.289. The molecule has 0 aromatic heterocycles. The highest BCUT2D eigenvalue weighted by atomic mass is 32.1. The monoisotopic (exact) mass is 330 g/mol. The zero-order chi connectivity index (χ0) is 15.6. The molecule has 4 nitrogen and oxygen atoms in total. The van der Waals surface area contributed by atoms with E-state index in [9.17, 15) is 4.79 Å². The van der Waals surface area contributed by atoms with Crippen LogP contribution < -0.4 is 0 Å². The van der Waals surface area contributed by atoms with Crippen molar-refractivity contribution in [3.63, 3.8) is 0 Å². The number of nitrogens with zero attached hydrogens (tertiary/aromatic N) is 2. The van der Waals surface area contributed by atoms with Crippen LogP contribution in [0.5, 0.6) is 0 Å². The van der Waals surface area contributed by atoms with E-state index in [1.165, 1.54) is 13.0 Å². The maximum atomic E-state index is 12.2. The summed E-state index contributed by atoms with van der Waals surface area (Å²) in [5.41, 5.74) is -0.105. The molecule has 1 atom stereocenters. The Morgan fingerprint density at radius 3 is 2.32 bits per heavy atom. The van der Waals surface area contributed by atoms with Gasteiger partial charge in [-0.25, -0.2) is 0 Å². The van der Waals surface area contributed by atoms with Gasteiger partial charge in [-0.3, -0.25) is 4.79 Å². The van der Waals surface area contributed by atoms with Crippen LogP contribution in [0, 0.1) is 5.92 Å². The average molecular weight is 331 g/mol. The summed E-state index contributed by atoms with van der Waals surface area (Å²) in [6.07, 6.45) is 3.07. The molecule has 0 unspecified atom stereocenters. The predicted molar refractivity (Wildman–Crippen MR) is 95.6 cm³/mol. The van der Waals surface area contributed by atoms with E-state index >= 15 is 0 Å². The lowest BCUT2D eigenvalue weighted by Gasteiger charge is -2.50. The number of likely N-dealkylation sites (tertiary alicyclic amines) is 1. The zero-order valence-electron chi connectivity index (χ0n) is 14.9. The van der Waals surface area contributed by atoms with Gasteiger partial charge in [0.15, 0.2) is 0 Å². The lowest BCUT2D eigenvalue weighted by atomic mass is 9.87. The number of ether oxygens (including phenoxy) is 1. The highest BCUT2D eigenvalue weighted by Gasteiger charge is 2.45. The first-order chi connectivity index (χ1) is 9.83. The van der Waals surface area contributed by atoms with Crippen molar-refractivity contribution < 1.29 is 9.53 Å². The Bertz CT molecular complexity index is 366. The summed E-state index contributed by atoms with van der Waals surface area (Å²) in [6, 6.07) is 0.264. The summed E-state index contributed by atoms with van der Waals surface area (Å²) in [5.74, 6) is 0.916. The molecule has 0 bridgehead atoms. The van der Waals surface area contributed by atoms with Gasteiger partial charge in [0.25, 0.3) is 5.91 Å². The Morgan fingerprint density at radius 1 is 1.23 bits per heavy atom. The lowest BCUT2D eigenvalue weighted by molar-refractivity contribution is -0.192. The fraction of sp³-hybridized carbons (Fsp3) is 0.941. The third kappa shape index (κ3) is 4.62. The molecule has 1 amide bonds. The Hall–Kier alpha value is -0.260. The van der Waals surface area contributed by atoms with Crippen molar-refractivity contribution in [1.82, 2.24) is 9.80 Å². The predicted octanol–water partition coefficient (Wildman–Crippen LogP) is 2.64. The molecule has 0 aromatic carbocycles. The Morgan fingerprint density at radius 2 is 1.82 bits per heavy atom. The molecule has 5 heteroatoms. The number of hydrogen-bond donors (Lipinski definition) is 0. The number of carbonyl (C=O) groups is 1. The third-order valence-corrected chi connectivity index (χ3v) is 4.93. The van der Waals surface area contributed by atoms with Crippen molar-refractivity contribution in [1.29, 1.82) is 0 Å². The fourth-order valence-corrected chi connectivity index (χ4v) is 3.42.